The van der Waals surface area contributed by atoms with Crippen LogP contribution in [0.25, 0.3) is 10.6 Å². The average Bonchev–Trinajstić information content (AvgIpc) is 3.33. The van der Waals surface area contributed by atoms with Crippen molar-refractivity contribution >= 4 is 11.3 Å². The molecule has 5 nitrogen and oxygen atoms in total. The Balaban J connectivity index is 1.71. The summed E-state index contributed by atoms with van der Waals surface area (Å²) in [5.41, 5.74) is 4.44. The Morgan fingerprint density at radius 2 is 2.12 bits per heavy atom. The quantitative estimate of drug-likeness (QED) is 0.556. The van der Waals surface area contributed by atoms with E-state index < -0.39 is 0 Å². The van der Waals surface area contributed by atoms with Crippen LogP contribution in [0.5, 0.6) is 11.5 Å². The molecule has 0 aliphatic carbocycles. The summed E-state index contributed by atoms with van der Waals surface area (Å²) in [6.07, 6.45) is 4.48. The molecule has 3 rings (SSSR count). The number of H-pyrrole nitrogens is 1. The lowest BCUT2D eigenvalue weighted by Gasteiger charge is -2.15. The van der Waals surface area contributed by atoms with Crippen LogP contribution >= 0.6 is 11.3 Å². The van der Waals surface area contributed by atoms with Gasteiger partial charge in [0.25, 0.3) is 0 Å². The fourth-order valence-electron chi connectivity index (χ4n) is 2.94. The van der Waals surface area contributed by atoms with Crippen molar-refractivity contribution in [2.45, 2.75) is 19.5 Å². The van der Waals surface area contributed by atoms with Crippen molar-refractivity contribution in [3.63, 3.8) is 0 Å². The van der Waals surface area contributed by atoms with Gasteiger partial charge in [-0.3, -0.25) is 5.10 Å². The highest BCUT2D eigenvalue weighted by molar-refractivity contribution is 7.13. The number of rotatable bonds is 9. The molecule has 26 heavy (non-hydrogen) atoms. The summed E-state index contributed by atoms with van der Waals surface area (Å²) in [7, 11) is 3.32. The average molecular weight is 369 g/mol. The van der Waals surface area contributed by atoms with Crippen molar-refractivity contribution in [2.75, 3.05) is 14.2 Å². The molecule has 0 fully saturated rings. The number of aromatic nitrogens is 2. The molecule has 2 heterocycles. The third kappa shape index (κ3) is 3.98. The normalized spacial score (nSPS) is 10.7. The molecule has 0 bridgehead atoms. The molecule has 0 unspecified atom stereocenters. The Kier molecular flexibility index (Phi) is 6.09. The predicted molar refractivity (Wildman–Crippen MR) is 106 cm³/mol. The Morgan fingerprint density at radius 3 is 2.81 bits per heavy atom. The van der Waals surface area contributed by atoms with Gasteiger partial charge in [-0.15, -0.1) is 17.9 Å². The van der Waals surface area contributed by atoms with Crippen LogP contribution in [0.15, 0.2) is 48.5 Å². The van der Waals surface area contributed by atoms with Crippen LogP contribution in [0.4, 0.5) is 0 Å². The van der Waals surface area contributed by atoms with Crippen molar-refractivity contribution < 1.29 is 9.47 Å². The van der Waals surface area contributed by atoms with Gasteiger partial charge in [-0.25, -0.2) is 0 Å². The molecule has 0 saturated carbocycles. The lowest BCUT2D eigenvalue weighted by Crippen LogP contribution is -2.13. The van der Waals surface area contributed by atoms with Gasteiger partial charge in [-0.05, 0) is 29.5 Å². The summed E-state index contributed by atoms with van der Waals surface area (Å²) < 4.78 is 11.0. The molecule has 0 saturated heterocycles. The molecule has 1 aromatic carbocycles. The van der Waals surface area contributed by atoms with Crippen molar-refractivity contribution in [3.05, 3.63) is 65.2 Å². The summed E-state index contributed by atoms with van der Waals surface area (Å²) in [6, 6.07) is 8.28. The number of thiophene rings is 1. The van der Waals surface area contributed by atoms with Gasteiger partial charge in [-0.2, -0.15) is 5.10 Å². The maximum atomic E-state index is 5.49. The van der Waals surface area contributed by atoms with E-state index in [1.165, 1.54) is 4.88 Å². The van der Waals surface area contributed by atoms with E-state index in [2.05, 4.69) is 39.6 Å². The van der Waals surface area contributed by atoms with E-state index in [1.54, 1.807) is 25.6 Å². The molecule has 0 atom stereocenters. The second-order valence-corrected chi connectivity index (χ2v) is 6.78. The van der Waals surface area contributed by atoms with Crippen LogP contribution < -0.4 is 14.8 Å². The number of aromatic amines is 1. The second kappa shape index (κ2) is 8.69. The van der Waals surface area contributed by atoms with Crippen LogP contribution in [0.2, 0.25) is 0 Å². The first-order chi connectivity index (χ1) is 12.8. The number of methoxy groups -OCH3 is 2. The first-order valence-electron chi connectivity index (χ1n) is 8.38. The first kappa shape index (κ1) is 18.2. The molecular formula is C20H23N3O2S. The van der Waals surface area contributed by atoms with Crippen molar-refractivity contribution in [2.24, 2.45) is 0 Å². The van der Waals surface area contributed by atoms with Gasteiger partial charge in [0.15, 0.2) is 11.5 Å². The van der Waals surface area contributed by atoms with Gasteiger partial charge in [0.1, 0.15) is 0 Å². The van der Waals surface area contributed by atoms with Crippen LogP contribution in [0, 0.1) is 0 Å². The summed E-state index contributed by atoms with van der Waals surface area (Å²) in [5.74, 6) is 1.51. The molecule has 136 valence electrons. The zero-order valence-corrected chi connectivity index (χ0v) is 15.9. The number of benzene rings is 1. The van der Waals surface area contributed by atoms with E-state index in [1.807, 2.05) is 24.4 Å². The zero-order valence-electron chi connectivity index (χ0n) is 15.0. The Hall–Kier alpha value is -2.57. The Bertz CT molecular complexity index is 856. The van der Waals surface area contributed by atoms with E-state index in [0.717, 1.165) is 53.4 Å². The number of nitrogens with one attached hydrogen (secondary N) is 2. The molecule has 6 heteroatoms. The summed E-state index contributed by atoms with van der Waals surface area (Å²) in [4.78, 5) is 1.19. The molecule has 3 aromatic rings. The minimum atomic E-state index is 0.722. The van der Waals surface area contributed by atoms with E-state index in [-0.39, 0.29) is 0 Å². The number of hydrogen-bond acceptors (Lipinski definition) is 5. The van der Waals surface area contributed by atoms with Crippen LogP contribution in [0.1, 0.15) is 16.7 Å². The molecule has 2 N–H and O–H groups in total. The minimum absolute atomic E-state index is 0.722. The first-order valence-corrected chi connectivity index (χ1v) is 9.26. The molecule has 0 spiro atoms. The molecule has 2 aromatic heterocycles. The van der Waals surface area contributed by atoms with Gasteiger partial charge in [-0.1, -0.05) is 18.2 Å². The smallest absolute Gasteiger partial charge is 0.164 e. The lowest BCUT2D eigenvalue weighted by atomic mass is 10.1. The second-order valence-electron chi connectivity index (χ2n) is 5.83. The Morgan fingerprint density at radius 1 is 1.23 bits per heavy atom. The molecule has 0 radical (unpaired) electrons. The maximum absolute atomic E-state index is 5.49. The van der Waals surface area contributed by atoms with Gasteiger partial charge < -0.3 is 14.8 Å². The monoisotopic (exact) mass is 369 g/mol. The third-order valence-corrected chi connectivity index (χ3v) is 5.00. The zero-order chi connectivity index (χ0) is 18.4. The SMILES string of the molecule is C=CCc1cc(CNCc2cn[nH]c2-c2cccs2)cc(OC)c1OC. The highest BCUT2D eigenvalue weighted by Crippen LogP contribution is 2.33. The third-order valence-electron chi connectivity index (χ3n) is 4.11. The van der Waals surface area contributed by atoms with E-state index in [4.69, 9.17) is 9.47 Å². The van der Waals surface area contributed by atoms with Crippen molar-refractivity contribution in [3.8, 4) is 22.1 Å². The number of nitrogens with zero attached hydrogens (tertiary/aromatic N) is 1. The topological polar surface area (TPSA) is 59.2 Å². The summed E-state index contributed by atoms with van der Waals surface area (Å²) >= 11 is 1.70. The molecular weight excluding hydrogens is 346 g/mol. The summed E-state index contributed by atoms with van der Waals surface area (Å²) in [5, 5.41) is 12.8. The fraction of sp³-hybridized carbons (Fsp3) is 0.250. The Labute approximate surface area is 157 Å². The van der Waals surface area contributed by atoms with Crippen molar-refractivity contribution in [1.29, 1.82) is 0 Å². The predicted octanol–water partition coefficient (Wildman–Crippen LogP) is 4.17. The van der Waals surface area contributed by atoms with Gasteiger partial charge >= 0.3 is 0 Å². The molecule has 0 aliphatic heterocycles. The van der Waals surface area contributed by atoms with Gasteiger partial charge in [0.05, 0.1) is 31.0 Å². The molecule has 0 aliphatic rings. The largest absolute Gasteiger partial charge is 0.493 e. The fourth-order valence-corrected chi connectivity index (χ4v) is 3.69. The van der Waals surface area contributed by atoms with E-state index in [9.17, 15) is 0 Å². The lowest BCUT2D eigenvalue weighted by molar-refractivity contribution is 0.351. The van der Waals surface area contributed by atoms with Crippen LogP contribution in [-0.4, -0.2) is 24.4 Å². The number of allylic oxidation sites excluding steroid dienone is 1. The van der Waals surface area contributed by atoms with Crippen LogP contribution in [-0.2, 0) is 19.5 Å². The van der Waals surface area contributed by atoms with Gasteiger partial charge in [0, 0.05) is 24.2 Å². The van der Waals surface area contributed by atoms with E-state index >= 15 is 0 Å². The number of hydrogen-bond donors (Lipinski definition) is 2. The highest BCUT2D eigenvalue weighted by Gasteiger charge is 2.12. The van der Waals surface area contributed by atoms with Crippen LogP contribution in [0.3, 0.4) is 0 Å². The van der Waals surface area contributed by atoms with E-state index in [0.29, 0.717) is 0 Å². The maximum Gasteiger partial charge on any atom is 0.164 e. The van der Waals surface area contributed by atoms with Crippen molar-refractivity contribution in [1.82, 2.24) is 15.5 Å². The standard InChI is InChI=1S/C20H23N3O2S/c1-4-6-15-9-14(10-17(24-2)20(15)25-3)11-21-12-16-13-22-23-19(16)18-7-5-8-26-18/h4-5,7-10,13,21H,1,6,11-12H2,2-3H3,(H,22,23). The molecule has 0 amide bonds. The highest BCUT2D eigenvalue weighted by atomic mass is 32.1. The van der Waals surface area contributed by atoms with Gasteiger partial charge in [0.2, 0.25) is 0 Å². The number of ether oxygens (including phenoxy) is 2. The minimum Gasteiger partial charge on any atom is -0.493 e. The summed E-state index contributed by atoms with van der Waals surface area (Å²) in [6.45, 7) is 5.28.